The highest BCUT2D eigenvalue weighted by molar-refractivity contribution is 5.81. The van der Waals surface area contributed by atoms with Gasteiger partial charge in [0.15, 0.2) is 0 Å². The molecule has 0 spiro atoms. The van der Waals surface area contributed by atoms with Gasteiger partial charge in [-0.15, -0.1) is 0 Å². The minimum atomic E-state index is -0.616. The molecule has 1 amide bonds. The minimum Gasteiger partial charge on any atom is -0.383 e. The van der Waals surface area contributed by atoms with E-state index in [0.717, 1.165) is 5.56 Å². The molecule has 1 aromatic rings. The van der Waals surface area contributed by atoms with E-state index in [0.29, 0.717) is 0 Å². The molecule has 1 aromatic heterocycles. The first kappa shape index (κ1) is 13.6. The molecule has 0 aromatic carbocycles. The lowest BCUT2D eigenvalue weighted by Crippen LogP contribution is -2.45. The Hall–Kier alpha value is -1.46. The van der Waals surface area contributed by atoms with Crippen molar-refractivity contribution in [3.05, 3.63) is 30.1 Å². The van der Waals surface area contributed by atoms with Gasteiger partial charge in [0.2, 0.25) is 5.91 Å². The number of methoxy groups -OCH3 is 1. The van der Waals surface area contributed by atoms with Crippen molar-refractivity contribution in [1.29, 1.82) is 0 Å². The summed E-state index contributed by atoms with van der Waals surface area (Å²) in [6, 6.07) is 3.12. The quantitative estimate of drug-likeness (QED) is 0.813. The number of aromatic nitrogens is 1. The molecule has 94 valence electrons. The molecule has 1 heterocycles. The zero-order valence-corrected chi connectivity index (χ0v) is 10.5. The predicted octanol–water partition coefficient (Wildman–Crippen LogP) is 0.575. The molecule has 5 heteroatoms. The summed E-state index contributed by atoms with van der Waals surface area (Å²) in [5, 5.41) is 0. The number of carbonyl (C=O) groups is 1. The zero-order valence-electron chi connectivity index (χ0n) is 10.5. The maximum absolute atomic E-state index is 12.0. The molecular formula is C12H19N3O2. The van der Waals surface area contributed by atoms with Crippen LogP contribution in [0.4, 0.5) is 0 Å². The SMILES string of the molecule is COCC(N)C(=O)N(C)C(C)c1ccncc1. The van der Waals surface area contributed by atoms with Crippen molar-refractivity contribution in [3.8, 4) is 0 Å². The summed E-state index contributed by atoms with van der Waals surface area (Å²) in [6.07, 6.45) is 3.42. The van der Waals surface area contributed by atoms with E-state index in [1.807, 2.05) is 19.1 Å². The fourth-order valence-corrected chi connectivity index (χ4v) is 1.57. The highest BCUT2D eigenvalue weighted by Gasteiger charge is 2.22. The smallest absolute Gasteiger partial charge is 0.242 e. The normalized spacial score (nSPS) is 14.1. The van der Waals surface area contributed by atoms with Crippen LogP contribution in [0.5, 0.6) is 0 Å². The second-order valence-corrected chi connectivity index (χ2v) is 3.97. The van der Waals surface area contributed by atoms with Crippen LogP contribution in [0, 0.1) is 0 Å². The lowest BCUT2D eigenvalue weighted by Gasteiger charge is -2.27. The van der Waals surface area contributed by atoms with Crippen molar-refractivity contribution in [3.63, 3.8) is 0 Å². The van der Waals surface area contributed by atoms with E-state index in [-0.39, 0.29) is 18.6 Å². The van der Waals surface area contributed by atoms with Crippen molar-refractivity contribution in [2.45, 2.75) is 19.0 Å². The van der Waals surface area contributed by atoms with E-state index >= 15 is 0 Å². The molecule has 0 saturated heterocycles. The second kappa shape index (κ2) is 6.32. The van der Waals surface area contributed by atoms with Gasteiger partial charge in [-0.1, -0.05) is 0 Å². The van der Waals surface area contributed by atoms with Crippen molar-refractivity contribution in [2.75, 3.05) is 20.8 Å². The first-order chi connectivity index (χ1) is 8.07. The summed E-state index contributed by atoms with van der Waals surface area (Å²) in [6.45, 7) is 2.18. The predicted molar refractivity (Wildman–Crippen MR) is 65.3 cm³/mol. The van der Waals surface area contributed by atoms with E-state index < -0.39 is 6.04 Å². The maximum Gasteiger partial charge on any atom is 0.242 e. The number of nitrogens with zero attached hydrogens (tertiary/aromatic N) is 2. The second-order valence-electron chi connectivity index (χ2n) is 3.97. The van der Waals surface area contributed by atoms with Gasteiger partial charge in [-0.2, -0.15) is 0 Å². The minimum absolute atomic E-state index is 0.0339. The third kappa shape index (κ3) is 3.51. The summed E-state index contributed by atoms with van der Waals surface area (Å²) < 4.78 is 4.88. The number of likely N-dealkylation sites (N-methyl/N-ethyl adjacent to an activating group) is 1. The summed E-state index contributed by atoms with van der Waals surface area (Å²) in [5.41, 5.74) is 6.74. The highest BCUT2D eigenvalue weighted by Crippen LogP contribution is 2.17. The Kier molecular flexibility index (Phi) is 5.06. The number of hydrogen-bond acceptors (Lipinski definition) is 4. The number of nitrogens with two attached hydrogens (primary N) is 1. The van der Waals surface area contributed by atoms with Crippen LogP contribution in [0.1, 0.15) is 18.5 Å². The van der Waals surface area contributed by atoms with E-state index in [4.69, 9.17) is 10.5 Å². The molecule has 5 nitrogen and oxygen atoms in total. The van der Waals surface area contributed by atoms with Gasteiger partial charge in [0.25, 0.3) is 0 Å². The van der Waals surface area contributed by atoms with Crippen molar-refractivity contribution >= 4 is 5.91 Å². The third-order valence-electron chi connectivity index (χ3n) is 2.78. The Bertz CT molecular complexity index is 356. The molecular weight excluding hydrogens is 218 g/mol. The highest BCUT2D eigenvalue weighted by atomic mass is 16.5. The van der Waals surface area contributed by atoms with Gasteiger partial charge in [0, 0.05) is 26.6 Å². The average molecular weight is 237 g/mol. The van der Waals surface area contributed by atoms with Crippen LogP contribution in [0.15, 0.2) is 24.5 Å². The van der Waals surface area contributed by atoms with Crippen molar-refractivity contribution in [2.24, 2.45) is 5.73 Å². The van der Waals surface area contributed by atoms with E-state index in [2.05, 4.69) is 4.98 Å². The Morgan fingerprint density at radius 2 is 2.12 bits per heavy atom. The van der Waals surface area contributed by atoms with Crippen LogP contribution in [-0.2, 0) is 9.53 Å². The van der Waals surface area contributed by atoms with Crippen LogP contribution in [0.2, 0.25) is 0 Å². The average Bonchev–Trinajstić information content (AvgIpc) is 2.37. The Labute approximate surface area is 102 Å². The molecule has 2 atom stereocenters. The summed E-state index contributed by atoms with van der Waals surface area (Å²) in [4.78, 5) is 17.5. The molecule has 1 rings (SSSR count). The standard InChI is InChI=1S/C12H19N3O2/c1-9(10-4-6-14-7-5-10)15(2)12(16)11(13)8-17-3/h4-7,9,11H,8,13H2,1-3H3. The molecule has 17 heavy (non-hydrogen) atoms. The summed E-state index contributed by atoms with van der Waals surface area (Å²) in [5.74, 6) is -0.129. The van der Waals surface area contributed by atoms with Gasteiger partial charge >= 0.3 is 0 Å². The fraction of sp³-hybridized carbons (Fsp3) is 0.500. The molecule has 0 saturated carbocycles. The topological polar surface area (TPSA) is 68.5 Å². The van der Waals surface area contributed by atoms with Crippen LogP contribution in [0.3, 0.4) is 0 Å². The van der Waals surface area contributed by atoms with Crippen LogP contribution in [-0.4, -0.2) is 42.6 Å². The van der Waals surface area contributed by atoms with Crippen LogP contribution < -0.4 is 5.73 Å². The number of hydrogen-bond donors (Lipinski definition) is 1. The molecule has 0 aliphatic carbocycles. The van der Waals surface area contributed by atoms with Gasteiger partial charge in [0.1, 0.15) is 6.04 Å². The Morgan fingerprint density at radius 1 is 1.53 bits per heavy atom. The van der Waals surface area contributed by atoms with Gasteiger partial charge in [-0.05, 0) is 24.6 Å². The first-order valence-corrected chi connectivity index (χ1v) is 5.49. The molecule has 2 unspecified atom stereocenters. The monoisotopic (exact) mass is 237 g/mol. The number of amides is 1. The number of rotatable bonds is 5. The largest absolute Gasteiger partial charge is 0.383 e. The zero-order chi connectivity index (χ0) is 12.8. The lowest BCUT2D eigenvalue weighted by molar-refractivity contribution is -0.134. The molecule has 0 fully saturated rings. The molecule has 0 radical (unpaired) electrons. The third-order valence-corrected chi connectivity index (χ3v) is 2.78. The van der Waals surface area contributed by atoms with E-state index in [9.17, 15) is 4.79 Å². The van der Waals surface area contributed by atoms with Crippen molar-refractivity contribution < 1.29 is 9.53 Å². The van der Waals surface area contributed by atoms with Crippen molar-refractivity contribution in [1.82, 2.24) is 9.88 Å². The van der Waals surface area contributed by atoms with Gasteiger partial charge in [0.05, 0.1) is 12.6 Å². The Balaban J connectivity index is 2.70. The number of pyridine rings is 1. The maximum atomic E-state index is 12.0. The summed E-state index contributed by atoms with van der Waals surface area (Å²) in [7, 11) is 3.27. The molecule has 0 aliphatic heterocycles. The van der Waals surface area contributed by atoms with Crippen LogP contribution >= 0.6 is 0 Å². The molecule has 0 bridgehead atoms. The Morgan fingerprint density at radius 3 is 2.65 bits per heavy atom. The first-order valence-electron chi connectivity index (χ1n) is 5.49. The number of ether oxygens (including phenoxy) is 1. The van der Waals surface area contributed by atoms with Crippen LogP contribution in [0.25, 0.3) is 0 Å². The van der Waals surface area contributed by atoms with Gasteiger partial charge < -0.3 is 15.4 Å². The molecule has 2 N–H and O–H groups in total. The molecule has 0 aliphatic rings. The summed E-state index contributed by atoms with van der Waals surface area (Å²) >= 11 is 0. The van der Waals surface area contributed by atoms with Gasteiger partial charge in [-0.25, -0.2) is 0 Å². The fourth-order valence-electron chi connectivity index (χ4n) is 1.57. The van der Waals surface area contributed by atoms with Gasteiger partial charge in [-0.3, -0.25) is 9.78 Å². The van der Waals surface area contributed by atoms with E-state index in [1.54, 1.807) is 24.3 Å². The number of carbonyl (C=O) groups excluding carboxylic acids is 1. The van der Waals surface area contributed by atoms with E-state index in [1.165, 1.54) is 7.11 Å². The lowest BCUT2D eigenvalue weighted by atomic mass is 10.1.